The van der Waals surface area contributed by atoms with Gasteiger partial charge in [-0.25, -0.2) is 3.11 Å². The Kier molecular flexibility index (Phi) is 4.08. The van der Waals surface area contributed by atoms with Crippen LogP contribution in [0.2, 0.25) is 0 Å². The van der Waals surface area contributed by atoms with Crippen LogP contribution in [0, 0.1) is 6.92 Å². The van der Waals surface area contributed by atoms with Crippen molar-refractivity contribution in [3.05, 3.63) is 29.8 Å². The first kappa shape index (κ1) is 12.2. The van der Waals surface area contributed by atoms with Crippen molar-refractivity contribution in [2.75, 3.05) is 25.0 Å². The third-order valence-electron chi connectivity index (χ3n) is 3.37. The summed E-state index contributed by atoms with van der Waals surface area (Å²) >= 11 is 2.43. The van der Waals surface area contributed by atoms with Gasteiger partial charge in [0, 0.05) is 54.7 Å². The maximum atomic E-state index is 2.44. The van der Waals surface area contributed by atoms with Crippen LogP contribution in [0.3, 0.4) is 0 Å². The molecular formula is C13H19IN2. The standard InChI is InChI=1S/C13H19IN2/c1-11-4-3-5-13(10-11)15(2)12-6-8-16(14)9-7-12/h3-5,10,12H,6-9H2,1-2H3. The molecule has 0 saturated carbocycles. The predicted molar refractivity (Wildman–Crippen MR) is 78.2 cm³/mol. The second-order valence-electron chi connectivity index (χ2n) is 4.59. The van der Waals surface area contributed by atoms with Crippen molar-refractivity contribution >= 4 is 28.6 Å². The monoisotopic (exact) mass is 330 g/mol. The zero-order chi connectivity index (χ0) is 11.5. The van der Waals surface area contributed by atoms with E-state index >= 15 is 0 Å². The number of rotatable bonds is 2. The molecule has 1 fully saturated rings. The third-order valence-corrected chi connectivity index (χ3v) is 4.33. The summed E-state index contributed by atoms with van der Waals surface area (Å²) in [5, 5.41) is 0. The second-order valence-corrected chi connectivity index (χ2v) is 5.96. The average molecular weight is 330 g/mol. The van der Waals surface area contributed by atoms with Crippen LogP contribution < -0.4 is 4.90 Å². The molecule has 1 heterocycles. The summed E-state index contributed by atoms with van der Waals surface area (Å²) in [6.07, 6.45) is 2.54. The van der Waals surface area contributed by atoms with E-state index < -0.39 is 0 Å². The molecule has 1 aliphatic heterocycles. The molecule has 88 valence electrons. The maximum Gasteiger partial charge on any atom is 0.0368 e. The maximum absolute atomic E-state index is 2.44. The first-order valence-corrected chi connectivity index (χ1v) is 6.83. The molecule has 0 N–H and O–H groups in total. The molecular weight excluding hydrogens is 311 g/mol. The summed E-state index contributed by atoms with van der Waals surface area (Å²) in [5.74, 6) is 0. The van der Waals surface area contributed by atoms with Crippen LogP contribution in [0.25, 0.3) is 0 Å². The van der Waals surface area contributed by atoms with E-state index in [0.717, 1.165) is 0 Å². The summed E-state index contributed by atoms with van der Waals surface area (Å²) < 4.78 is 2.39. The predicted octanol–water partition coefficient (Wildman–Crippen LogP) is 3.25. The molecule has 1 aromatic rings. The first-order valence-electron chi connectivity index (χ1n) is 5.87. The molecule has 2 nitrogen and oxygen atoms in total. The van der Waals surface area contributed by atoms with E-state index in [1.165, 1.54) is 37.2 Å². The van der Waals surface area contributed by atoms with Crippen molar-refractivity contribution in [1.29, 1.82) is 0 Å². The largest absolute Gasteiger partial charge is 0.372 e. The van der Waals surface area contributed by atoms with Crippen LogP contribution in [0.5, 0.6) is 0 Å². The highest BCUT2D eigenvalue weighted by Gasteiger charge is 2.21. The Balaban J connectivity index is 2.04. The molecule has 1 aromatic carbocycles. The lowest BCUT2D eigenvalue weighted by atomic mass is 10.0. The number of nitrogens with zero attached hydrogens (tertiary/aromatic N) is 2. The van der Waals surface area contributed by atoms with Crippen LogP contribution in [0.15, 0.2) is 24.3 Å². The number of hydrogen-bond acceptors (Lipinski definition) is 2. The fourth-order valence-corrected chi connectivity index (χ4v) is 2.84. The van der Waals surface area contributed by atoms with Gasteiger partial charge < -0.3 is 4.90 Å². The van der Waals surface area contributed by atoms with Gasteiger partial charge in [0.05, 0.1) is 0 Å². The zero-order valence-corrected chi connectivity index (χ0v) is 12.1. The number of aryl methyl sites for hydroxylation is 1. The van der Waals surface area contributed by atoms with Gasteiger partial charge in [-0.05, 0) is 37.5 Å². The number of anilines is 1. The number of piperidine rings is 1. The fourth-order valence-electron chi connectivity index (χ4n) is 2.28. The van der Waals surface area contributed by atoms with Gasteiger partial charge in [0.2, 0.25) is 0 Å². The average Bonchev–Trinajstić information content (AvgIpc) is 2.29. The van der Waals surface area contributed by atoms with E-state index in [4.69, 9.17) is 0 Å². The summed E-state index contributed by atoms with van der Waals surface area (Å²) in [7, 11) is 2.22. The Morgan fingerprint density at radius 2 is 2.00 bits per heavy atom. The van der Waals surface area contributed by atoms with Gasteiger partial charge in [-0.1, -0.05) is 12.1 Å². The summed E-state index contributed by atoms with van der Waals surface area (Å²) in [5.41, 5.74) is 2.70. The highest BCUT2D eigenvalue weighted by Crippen LogP contribution is 2.23. The summed E-state index contributed by atoms with van der Waals surface area (Å²) in [6, 6.07) is 9.49. The summed E-state index contributed by atoms with van der Waals surface area (Å²) in [4.78, 5) is 2.44. The van der Waals surface area contributed by atoms with Gasteiger partial charge in [0.25, 0.3) is 0 Å². The second kappa shape index (κ2) is 5.36. The van der Waals surface area contributed by atoms with Gasteiger partial charge in [-0.2, -0.15) is 0 Å². The lowest BCUT2D eigenvalue weighted by Gasteiger charge is -2.35. The normalized spacial score (nSPS) is 18.7. The van der Waals surface area contributed by atoms with Gasteiger partial charge in [0.15, 0.2) is 0 Å². The molecule has 0 aromatic heterocycles. The Morgan fingerprint density at radius 3 is 2.62 bits per heavy atom. The van der Waals surface area contributed by atoms with E-state index in [9.17, 15) is 0 Å². The first-order chi connectivity index (χ1) is 7.66. The van der Waals surface area contributed by atoms with E-state index in [1.807, 2.05) is 0 Å². The highest BCUT2D eigenvalue weighted by atomic mass is 127. The van der Waals surface area contributed by atoms with Crippen molar-refractivity contribution < 1.29 is 0 Å². The molecule has 0 unspecified atom stereocenters. The molecule has 0 spiro atoms. The minimum atomic E-state index is 0.702. The van der Waals surface area contributed by atoms with Gasteiger partial charge >= 0.3 is 0 Å². The van der Waals surface area contributed by atoms with Crippen LogP contribution in [0.1, 0.15) is 18.4 Å². The van der Waals surface area contributed by atoms with E-state index in [0.29, 0.717) is 6.04 Å². The molecule has 1 aliphatic rings. The molecule has 0 aliphatic carbocycles. The molecule has 3 heteroatoms. The molecule has 2 rings (SSSR count). The minimum Gasteiger partial charge on any atom is -0.372 e. The smallest absolute Gasteiger partial charge is 0.0368 e. The Bertz CT molecular complexity index is 346. The third kappa shape index (κ3) is 2.88. The lowest BCUT2D eigenvalue weighted by molar-refractivity contribution is 0.360. The van der Waals surface area contributed by atoms with Crippen LogP contribution in [0.4, 0.5) is 5.69 Å². The van der Waals surface area contributed by atoms with Gasteiger partial charge in [0.1, 0.15) is 0 Å². The Morgan fingerprint density at radius 1 is 1.31 bits per heavy atom. The van der Waals surface area contributed by atoms with E-state index in [2.05, 4.69) is 69.1 Å². The Hall–Kier alpha value is -0.290. The van der Waals surface area contributed by atoms with Crippen LogP contribution >= 0.6 is 22.9 Å². The van der Waals surface area contributed by atoms with E-state index in [1.54, 1.807) is 0 Å². The van der Waals surface area contributed by atoms with E-state index in [-0.39, 0.29) is 0 Å². The topological polar surface area (TPSA) is 6.48 Å². The van der Waals surface area contributed by atoms with Crippen molar-refractivity contribution in [3.8, 4) is 0 Å². The van der Waals surface area contributed by atoms with Crippen LogP contribution in [-0.4, -0.2) is 29.3 Å². The molecule has 1 saturated heterocycles. The highest BCUT2D eigenvalue weighted by molar-refractivity contribution is 14.1. The van der Waals surface area contributed by atoms with Crippen LogP contribution in [-0.2, 0) is 0 Å². The molecule has 0 atom stereocenters. The molecule has 16 heavy (non-hydrogen) atoms. The summed E-state index contributed by atoms with van der Waals surface area (Å²) in [6.45, 7) is 4.58. The SMILES string of the molecule is Cc1cccc(N(C)C2CCN(I)CC2)c1. The van der Waals surface area contributed by atoms with Crippen molar-refractivity contribution in [2.45, 2.75) is 25.8 Å². The van der Waals surface area contributed by atoms with Crippen molar-refractivity contribution in [3.63, 3.8) is 0 Å². The van der Waals surface area contributed by atoms with Gasteiger partial charge in [-0.15, -0.1) is 0 Å². The zero-order valence-electron chi connectivity index (χ0n) is 9.99. The Labute approximate surface area is 112 Å². The number of benzene rings is 1. The van der Waals surface area contributed by atoms with Crippen molar-refractivity contribution in [1.82, 2.24) is 3.11 Å². The molecule has 0 amide bonds. The minimum absolute atomic E-state index is 0.702. The number of halogens is 1. The molecule has 0 radical (unpaired) electrons. The fraction of sp³-hybridized carbons (Fsp3) is 0.538. The quantitative estimate of drug-likeness (QED) is 0.607. The molecule has 0 bridgehead atoms. The van der Waals surface area contributed by atoms with Crippen molar-refractivity contribution in [2.24, 2.45) is 0 Å². The lowest BCUT2D eigenvalue weighted by Crippen LogP contribution is -2.40. The number of hydrogen-bond donors (Lipinski definition) is 0. The van der Waals surface area contributed by atoms with Gasteiger partial charge in [-0.3, -0.25) is 0 Å².